The summed E-state index contributed by atoms with van der Waals surface area (Å²) in [6.07, 6.45) is 2.42. The fraction of sp³-hybridized carbons (Fsp3) is 0.643. The largest absolute Gasteiger partial charge is 0.369 e. The smallest absolute Gasteiger partial charge is 0.149 e. The van der Waals surface area contributed by atoms with Crippen LogP contribution in [0.3, 0.4) is 0 Å². The molecule has 5 heteroatoms. The number of aromatic nitrogens is 1. The summed E-state index contributed by atoms with van der Waals surface area (Å²) in [6, 6.07) is 1.78. The summed E-state index contributed by atoms with van der Waals surface area (Å²) in [5.74, 6) is 1.56. The number of pyridine rings is 1. The summed E-state index contributed by atoms with van der Waals surface area (Å²) in [5, 5.41) is 4.38. The van der Waals surface area contributed by atoms with Crippen LogP contribution in [0.15, 0.2) is 6.07 Å². The van der Waals surface area contributed by atoms with E-state index >= 15 is 0 Å². The van der Waals surface area contributed by atoms with E-state index in [0.717, 1.165) is 25.5 Å². The summed E-state index contributed by atoms with van der Waals surface area (Å²) < 4.78 is 0. The van der Waals surface area contributed by atoms with Gasteiger partial charge in [-0.2, -0.15) is 0 Å². The van der Waals surface area contributed by atoms with Crippen LogP contribution in [0.5, 0.6) is 0 Å². The molecule has 0 amide bonds. The Morgan fingerprint density at radius 2 is 2.11 bits per heavy atom. The van der Waals surface area contributed by atoms with Crippen LogP contribution >= 0.6 is 23.2 Å². The van der Waals surface area contributed by atoms with E-state index in [4.69, 9.17) is 23.2 Å². The minimum absolute atomic E-state index is 0.307. The lowest BCUT2D eigenvalue weighted by Crippen LogP contribution is -2.40. The molecular formula is C14H21Cl2N3. The van der Waals surface area contributed by atoms with Gasteiger partial charge in [0.25, 0.3) is 0 Å². The molecule has 1 saturated heterocycles. The second-order valence-electron chi connectivity index (χ2n) is 5.84. The molecule has 1 aromatic heterocycles. The van der Waals surface area contributed by atoms with Gasteiger partial charge in [0.05, 0.1) is 10.0 Å². The Morgan fingerprint density at radius 1 is 1.37 bits per heavy atom. The molecule has 2 heterocycles. The molecule has 0 saturated carbocycles. The molecule has 0 bridgehead atoms. The molecule has 0 radical (unpaired) electrons. The Balaban J connectivity index is 2.30. The van der Waals surface area contributed by atoms with Crippen molar-refractivity contribution in [2.24, 2.45) is 5.41 Å². The molecule has 1 aliphatic rings. The van der Waals surface area contributed by atoms with Gasteiger partial charge in [0.15, 0.2) is 0 Å². The van der Waals surface area contributed by atoms with Gasteiger partial charge in [-0.3, -0.25) is 0 Å². The predicted molar refractivity (Wildman–Crippen MR) is 83.6 cm³/mol. The minimum Gasteiger partial charge on any atom is -0.369 e. The van der Waals surface area contributed by atoms with Crippen molar-refractivity contribution >= 4 is 34.8 Å². The quantitative estimate of drug-likeness (QED) is 0.894. The van der Waals surface area contributed by atoms with E-state index in [2.05, 4.69) is 29.0 Å². The summed E-state index contributed by atoms with van der Waals surface area (Å²) in [5.41, 5.74) is 0.307. The molecule has 19 heavy (non-hydrogen) atoms. The molecule has 1 fully saturated rings. The molecule has 1 aromatic rings. The highest BCUT2D eigenvalue weighted by molar-refractivity contribution is 6.37. The maximum absolute atomic E-state index is 6.31. The highest BCUT2D eigenvalue weighted by Gasteiger charge is 2.28. The number of hydrogen-bond donors (Lipinski definition) is 1. The Hall–Kier alpha value is -0.670. The van der Waals surface area contributed by atoms with E-state index in [0.29, 0.717) is 21.3 Å². The number of rotatable bonds is 3. The van der Waals surface area contributed by atoms with Crippen LogP contribution in [-0.2, 0) is 0 Å². The summed E-state index contributed by atoms with van der Waals surface area (Å²) in [6.45, 7) is 9.37. The Labute approximate surface area is 125 Å². The van der Waals surface area contributed by atoms with Gasteiger partial charge in [-0.15, -0.1) is 0 Å². The number of anilines is 2. The number of nitrogens with one attached hydrogen (secondary N) is 1. The van der Waals surface area contributed by atoms with Crippen molar-refractivity contribution in [1.82, 2.24) is 4.98 Å². The summed E-state index contributed by atoms with van der Waals surface area (Å²) >= 11 is 12.5. The van der Waals surface area contributed by atoms with E-state index in [9.17, 15) is 0 Å². The van der Waals surface area contributed by atoms with E-state index in [-0.39, 0.29) is 0 Å². The zero-order chi connectivity index (χ0) is 14.0. The molecular weight excluding hydrogens is 281 g/mol. The molecule has 0 aliphatic carbocycles. The van der Waals surface area contributed by atoms with Gasteiger partial charge in [-0.25, -0.2) is 4.98 Å². The predicted octanol–water partition coefficient (Wildman–Crippen LogP) is 4.45. The lowest BCUT2D eigenvalue weighted by Gasteiger charge is -2.39. The van der Waals surface area contributed by atoms with Gasteiger partial charge in [0, 0.05) is 19.6 Å². The standard InChI is InChI=1S/C14H21Cl2N3/c1-4-17-12-10(15)8-11(16)13(18-12)19-7-5-6-14(2,3)9-19/h8H,4-7,9H2,1-3H3,(H,17,18). The summed E-state index contributed by atoms with van der Waals surface area (Å²) in [7, 11) is 0. The first kappa shape index (κ1) is 14.7. The fourth-order valence-corrected chi connectivity index (χ4v) is 3.12. The number of nitrogens with zero attached hydrogens (tertiary/aromatic N) is 2. The molecule has 0 spiro atoms. The highest BCUT2D eigenvalue weighted by Crippen LogP contribution is 2.36. The van der Waals surface area contributed by atoms with Gasteiger partial charge in [0.1, 0.15) is 11.6 Å². The van der Waals surface area contributed by atoms with Crippen molar-refractivity contribution in [1.29, 1.82) is 0 Å². The van der Waals surface area contributed by atoms with Crippen LogP contribution < -0.4 is 10.2 Å². The van der Waals surface area contributed by atoms with E-state index in [1.54, 1.807) is 6.07 Å². The van der Waals surface area contributed by atoms with Gasteiger partial charge >= 0.3 is 0 Å². The fourth-order valence-electron chi connectivity index (χ4n) is 2.57. The second-order valence-corrected chi connectivity index (χ2v) is 6.66. The average molecular weight is 302 g/mol. The maximum atomic E-state index is 6.31. The van der Waals surface area contributed by atoms with Crippen molar-refractivity contribution in [3.8, 4) is 0 Å². The first-order chi connectivity index (χ1) is 8.93. The maximum Gasteiger partial charge on any atom is 0.149 e. The van der Waals surface area contributed by atoms with Crippen molar-refractivity contribution in [3.05, 3.63) is 16.1 Å². The normalized spacial score (nSPS) is 18.5. The van der Waals surface area contributed by atoms with Gasteiger partial charge < -0.3 is 10.2 Å². The number of halogens is 2. The van der Waals surface area contributed by atoms with Crippen molar-refractivity contribution in [2.45, 2.75) is 33.6 Å². The van der Waals surface area contributed by atoms with Crippen molar-refractivity contribution in [3.63, 3.8) is 0 Å². The third kappa shape index (κ3) is 3.46. The van der Waals surface area contributed by atoms with Gasteiger partial charge in [0.2, 0.25) is 0 Å². The average Bonchev–Trinajstić information content (AvgIpc) is 2.31. The zero-order valence-corrected chi connectivity index (χ0v) is 13.3. The molecule has 0 unspecified atom stereocenters. The molecule has 2 rings (SSSR count). The van der Waals surface area contributed by atoms with Crippen molar-refractivity contribution < 1.29 is 0 Å². The molecule has 0 aromatic carbocycles. The van der Waals surface area contributed by atoms with Gasteiger partial charge in [-0.1, -0.05) is 37.0 Å². The van der Waals surface area contributed by atoms with Crippen LogP contribution in [0.1, 0.15) is 33.6 Å². The van der Waals surface area contributed by atoms with Crippen LogP contribution in [-0.4, -0.2) is 24.6 Å². The third-order valence-corrected chi connectivity index (χ3v) is 4.02. The van der Waals surface area contributed by atoms with Crippen molar-refractivity contribution in [2.75, 3.05) is 29.9 Å². The van der Waals surface area contributed by atoms with Crippen LogP contribution in [0.25, 0.3) is 0 Å². The SMILES string of the molecule is CCNc1nc(N2CCCC(C)(C)C2)c(Cl)cc1Cl. The first-order valence-electron chi connectivity index (χ1n) is 6.78. The van der Waals surface area contributed by atoms with Crippen LogP contribution in [0.2, 0.25) is 10.0 Å². The Kier molecular flexibility index (Phi) is 4.46. The summed E-state index contributed by atoms with van der Waals surface area (Å²) in [4.78, 5) is 6.87. The lowest BCUT2D eigenvalue weighted by molar-refractivity contribution is 0.292. The highest BCUT2D eigenvalue weighted by atomic mass is 35.5. The topological polar surface area (TPSA) is 28.2 Å². The first-order valence-corrected chi connectivity index (χ1v) is 7.53. The third-order valence-electron chi connectivity index (χ3n) is 3.46. The van der Waals surface area contributed by atoms with Crippen LogP contribution in [0.4, 0.5) is 11.6 Å². The van der Waals surface area contributed by atoms with Gasteiger partial charge in [-0.05, 0) is 31.2 Å². The molecule has 3 nitrogen and oxygen atoms in total. The van der Waals surface area contributed by atoms with E-state index < -0.39 is 0 Å². The number of piperidine rings is 1. The number of hydrogen-bond acceptors (Lipinski definition) is 3. The zero-order valence-electron chi connectivity index (χ0n) is 11.8. The Bertz CT molecular complexity index is 460. The second kappa shape index (κ2) is 5.76. The monoisotopic (exact) mass is 301 g/mol. The molecule has 106 valence electrons. The molecule has 0 atom stereocenters. The molecule has 1 aliphatic heterocycles. The lowest BCUT2D eigenvalue weighted by atomic mass is 9.84. The molecule has 1 N–H and O–H groups in total. The van der Waals surface area contributed by atoms with E-state index in [1.165, 1.54) is 12.8 Å². The minimum atomic E-state index is 0.307. The van der Waals surface area contributed by atoms with Crippen LogP contribution in [0, 0.1) is 5.41 Å². The Morgan fingerprint density at radius 3 is 2.74 bits per heavy atom. The van der Waals surface area contributed by atoms with E-state index in [1.807, 2.05) is 6.92 Å².